The van der Waals surface area contributed by atoms with Gasteiger partial charge in [0.2, 0.25) is 0 Å². The summed E-state index contributed by atoms with van der Waals surface area (Å²) in [5.41, 5.74) is 0.902. The van der Waals surface area contributed by atoms with Crippen molar-refractivity contribution in [1.29, 1.82) is 0 Å². The topological polar surface area (TPSA) is 49.3 Å². The second-order valence-corrected chi connectivity index (χ2v) is 3.68. The predicted octanol–water partition coefficient (Wildman–Crippen LogP) is 1.17. The standard InChI is InChI=1S/C10H15N3O/c14-10-11-5-4-9(12-10)8-13-6-2-1-3-7-13/h4-5H,1-3,6-8H2,(H,11,12,14). The lowest BCUT2D eigenvalue weighted by atomic mass is 10.1. The number of nitrogens with zero attached hydrogens (tertiary/aromatic N) is 3. The lowest BCUT2D eigenvalue weighted by molar-refractivity contribution is 0.217. The quantitative estimate of drug-likeness (QED) is 0.766. The molecule has 0 spiro atoms. The molecule has 2 heterocycles. The summed E-state index contributed by atoms with van der Waals surface area (Å²) >= 11 is 0. The minimum absolute atomic E-state index is 0.125. The second kappa shape index (κ2) is 4.37. The maximum absolute atomic E-state index is 9.10. The van der Waals surface area contributed by atoms with E-state index in [1.807, 2.05) is 6.07 Å². The monoisotopic (exact) mass is 193 g/mol. The fraction of sp³-hybridized carbons (Fsp3) is 0.600. The molecule has 1 aromatic heterocycles. The summed E-state index contributed by atoms with van der Waals surface area (Å²) in [6, 6.07) is 1.73. The number of aromatic hydroxyl groups is 1. The SMILES string of the molecule is Oc1nccc(CN2CCCCC2)n1. The summed E-state index contributed by atoms with van der Waals surface area (Å²) in [6.07, 6.45) is 5.49. The van der Waals surface area contributed by atoms with E-state index < -0.39 is 0 Å². The molecule has 1 aliphatic heterocycles. The van der Waals surface area contributed by atoms with Crippen molar-refractivity contribution in [3.8, 4) is 6.01 Å². The van der Waals surface area contributed by atoms with E-state index in [9.17, 15) is 0 Å². The Morgan fingerprint density at radius 3 is 2.79 bits per heavy atom. The third-order valence-corrected chi connectivity index (χ3v) is 2.53. The highest BCUT2D eigenvalue weighted by molar-refractivity contribution is 5.04. The van der Waals surface area contributed by atoms with Crippen LogP contribution in [0.15, 0.2) is 12.3 Å². The van der Waals surface area contributed by atoms with Gasteiger partial charge in [0.05, 0.1) is 5.69 Å². The summed E-state index contributed by atoms with van der Waals surface area (Å²) in [5, 5.41) is 9.10. The summed E-state index contributed by atoms with van der Waals surface area (Å²) in [4.78, 5) is 10.00. The van der Waals surface area contributed by atoms with E-state index in [1.54, 1.807) is 6.20 Å². The lowest BCUT2D eigenvalue weighted by Crippen LogP contribution is -2.29. The van der Waals surface area contributed by atoms with E-state index in [4.69, 9.17) is 5.11 Å². The van der Waals surface area contributed by atoms with Crippen LogP contribution in [0.3, 0.4) is 0 Å². The average molecular weight is 193 g/mol. The van der Waals surface area contributed by atoms with Gasteiger partial charge in [-0.2, -0.15) is 4.98 Å². The molecule has 76 valence electrons. The van der Waals surface area contributed by atoms with Gasteiger partial charge in [0.1, 0.15) is 0 Å². The van der Waals surface area contributed by atoms with Gasteiger partial charge in [-0.1, -0.05) is 6.42 Å². The molecule has 1 fully saturated rings. The minimum Gasteiger partial charge on any atom is -0.479 e. The van der Waals surface area contributed by atoms with Crippen LogP contribution in [0, 0.1) is 0 Å². The van der Waals surface area contributed by atoms with Crippen molar-refractivity contribution in [2.45, 2.75) is 25.8 Å². The van der Waals surface area contributed by atoms with Crippen LogP contribution in [0.25, 0.3) is 0 Å². The van der Waals surface area contributed by atoms with Crippen LogP contribution in [-0.2, 0) is 6.54 Å². The minimum atomic E-state index is -0.125. The highest BCUT2D eigenvalue weighted by atomic mass is 16.3. The van der Waals surface area contributed by atoms with Gasteiger partial charge in [-0.25, -0.2) is 4.98 Å². The Balaban J connectivity index is 1.95. The summed E-state index contributed by atoms with van der Waals surface area (Å²) in [7, 11) is 0. The van der Waals surface area contributed by atoms with Crippen LogP contribution in [0.2, 0.25) is 0 Å². The Morgan fingerprint density at radius 1 is 1.29 bits per heavy atom. The summed E-state index contributed by atoms with van der Waals surface area (Å²) in [6.45, 7) is 3.12. The molecule has 0 aliphatic carbocycles. The molecule has 1 N–H and O–H groups in total. The molecule has 1 saturated heterocycles. The Morgan fingerprint density at radius 2 is 2.07 bits per heavy atom. The number of piperidine rings is 1. The van der Waals surface area contributed by atoms with E-state index in [1.165, 1.54) is 19.3 Å². The Labute approximate surface area is 83.6 Å². The van der Waals surface area contributed by atoms with Gasteiger partial charge >= 0.3 is 6.01 Å². The van der Waals surface area contributed by atoms with Crippen molar-refractivity contribution in [3.63, 3.8) is 0 Å². The molecule has 0 atom stereocenters. The zero-order valence-electron chi connectivity index (χ0n) is 8.19. The predicted molar refractivity (Wildman–Crippen MR) is 52.8 cm³/mol. The van der Waals surface area contributed by atoms with Gasteiger partial charge in [-0.3, -0.25) is 4.90 Å². The van der Waals surface area contributed by atoms with Crippen LogP contribution in [-0.4, -0.2) is 33.1 Å². The second-order valence-electron chi connectivity index (χ2n) is 3.68. The van der Waals surface area contributed by atoms with Gasteiger partial charge in [-0.05, 0) is 32.0 Å². The van der Waals surface area contributed by atoms with E-state index in [0.717, 1.165) is 25.3 Å². The molecule has 0 unspecified atom stereocenters. The van der Waals surface area contributed by atoms with Gasteiger partial charge in [0.25, 0.3) is 0 Å². The molecule has 2 rings (SSSR count). The molecule has 0 bridgehead atoms. The van der Waals surface area contributed by atoms with E-state index in [-0.39, 0.29) is 6.01 Å². The third-order valence-electron chi connectivity index (χ3n) is 2.53. The fourth-order valence-electron chi connectivity index (χ4n) is 1.82. The van der Waals surface area contributed by atoms with Crippen LogP contribution in [0.1, 0.15) is 25.0 Å². The van der Waals surface area contributed by atoms with Crippen molar-refractivity contribution in [2.24, 2.45) is 0 Å². The largest absolute Gasteiger partial charge is 0.479 e. The third kappa shape index (κ3) is 2.42. The normalized spacial score (nSPS) is 18.3. The van der Waals surface area contributed by atoms with E-state index in [0.29, 0.717) is 0 Å². The summed E-state index contributed by atoms with van der Waals surface area (Å²) in [5.74, 6) is 0. The Hall–Kier alpha value is -1.16. The van der Waals surface area contributed by atoms with Gasteiger partial charge < -0.3 is 5.11 Å². The number of likely N-dealkylation sites (tertiary alicyclic amines) is 1. The molecule has 0 radical (unpaired) electrons. The van der Waals surface area contributed by atoms with Gasteiger partial charge in [-0.15, -0.1) is 0 Å². The van der Waals surface area contributed by atoms with Gasteiger partial charge in [0, 0.05) is 12.7 Å². The number of hydrogen-bond donors (Lipinski definition) is 1. The zero-order valence-corrected chi connectivity index (χ0v) is 8.19. The molecule has 14 heavy (non-hydrogen) atoms. The molecule has 1 aliphatic rings. The van der Waals surface area contributed by atoms with Crippen molar-refractivity contribution in [1.82, 2.24) is 14.9 Å². The fourth-order valence-corrected chi connectivity index (χ4v) is 1.82. The first kappa shape index (κ1) is 9.40. The molecular formula is C10H15N3O. The maximum Gasteiger partial charge on any atom is 0.314 e. The molecule has 0 aromatic carbocycles. The molecule has 0 saturated carbocycles. The molecule has 4 nitrogen and oxygen atoms in total. The summed E-state index contributed by atoms with van der Waals surface area (Å²) < 4.78 is 0. The Bertz CT molecular complexity index is 297. The number of hydrogen-bond acceptors (Lipinski definition) is 4. The first-order valence-electron chi connectivity index (χ1n) is 5.08. The average Bonchev–Trinajstić information content (AvgIpc) is 2.19. The molecule has 1 aromatic rings. The van der Waals surface area contributed by atoms with Crippen molar-refractivity contribution in [2.75, 3.05) is 13.1 Å². The number of rotatable bonds is 2. The van der Waals surface area contributed by atoms with Crippen LogP contribution < -0.4 is 0 Å². The highest BCUT2D eigenvalue weighted by Crippen LogP contribution is 2.12. The van der Waals surface area contributed by atoms with Crippen LogP contribution >= 0.6 is 0 Å². The molecular weight excluding hydrogens is 178 g/mol. The van der Waals surface area contributed by atoms with Crippen LogP contribution in [0.5, 0.6) is 6.01 Å². The maximum atomic E-state index is 9.10. The van der Waals surface area contributed by atoms with Crippen molar-refractivity contribution in [3.05, 3.63) is 18.0 Å². The number of aromatic nitrogens is 2. The lowest BCUT2D eigenvalue weighted by Gasteiger charge is -2.25. The smallest absolute Gasteiger partial charge is 0.314 e. The highest BCUT2D eigenvalue weighted by Gasteiger charge is 2.11. The van der Waals surface area contributed by atoms with E-state index in [2.05, 4.69) is 14.9 Å². The van der Waals surface area contributed by atoms with Crippen LogP contribution in [0.4, 0.5) is 0 Å². The molecule has 4 heteroatoms. The van der Waals surface area contributed by atoms with Crippen molar-refractivity contribution < 1.29 is 5.11 Å². The van der Waals surface area contributed by atoms with E-state index >= 15 is 0 Å². The first-order valence-corrected chi connectivity index (χ1v) is 5.08. The zero-order chi connectivity index (χ0) is 9.80. The first-order chi connectivity index (χ1) is 6.84. The van der Waals surface area contributed by atoms with Gasteiger partial charge in [0.15, 0.2) is 0 Å². The molecule has 0 amide bonds. The van der Waals surface area contributed by atoms with Crippen molar-refractivity contribution >= 4 is 0 Å². The Kier molecular flexibility index (Phi) is 2.93.